The highest BCUT2D eigenvalue weighted by atomic mass is 16.5. The van der Waals surface area contributed by atoms with Gasteiger partial charge in [0, 0.05) is 6.54 Å². The molecule has 0 aliphatic carbocycles. The van der Waals surface area contributed by atoms with Crippen molar-refractivity contribution in [3.8, 4) is 5.75 Å². The van der Waals surface area contributed by atoms with Gasteiger partial charge in [0.15, 0.2) is 0 Å². The number of nitrogens with zero attached hydrogens (tertiary/aromatic N) is 1. The fourth-order valence-electron chi connectivity index (χ4n) is 2.21. The monoisotopic (exact) mass is 278 g/mol. The summed E-state index contributed by atoms with van der Waals surface area (Å²) in [7, 11) is 0. The van der Waals surface area contributed by atoms with Crippen LogP contribution in [0.3, 0.4) is 0 Å². The van der Waals surface area contributed by atoms with Gasteiger partial charge in [0.25, 0.3) is 0 Å². The molecule has 6 nitrogen and oxygen atoms in total. The molecule has 20 heavy (non-hydrogen) atoms. The SMILES string of the molecule is O=C(O)[C@@H]1CCCN1C(=O)NCCOc1ccccc1. The van der Waals surface area contributed by atoms with Gasteiger partial charge in [-0.3, -0.25) is 0 Å². The summed E-state index contributed by atoms with van der Waals surface area (Å²) in [5.74, 6) is -0.204. The zero-order chi connectivity index (χ0) is 14.4. The van der Waals surface area contributed by atoms with E-state index < -0.39 is 12.0 Å². The summed E-state index contributed by atoms with van der Waals surface area (Å²) in [6, 6.07) is 8.27. The first-order chi connectivity index (χ1) is 9.68. The van der Waals surface area contributed by atoms with Crippen LogP contribution in [0.25, 0.3) is 0 Å². The van der Waals surface area contributed by atoms with Crippen molar-refractivity contribution < 1.29 is 19.4 Å². The van der Waals surface area contributed by atoms with Gasteiger partial charge in [0.05, 0.1) is 6.54 Å². The largest absolute Gasteiger partial charge is 0.492 e. The van der Waals surface area contributed by atoms with Gasteiger partial charge in [-0.15, -0.1) is 0 Å². The molecule has 1 saturated heterocycles. The second-order valence-corrected chi connectivity index (χ2v) is 4.58. The highest BCUT2D eigenvalue weighted by molar-refractivity contribution is 5.83. The number of ether oxygens (including phenoxy) is 1. The maximum absolute atomic E-state index is 11.9. The Kier molecular flexibility index (Phi) is 4.81. The normalized spacial score (nSPS) is 17.8. The highest BCUT2D eigenvalue weighted by Crippen LogP contribution is 2.17. The Morgan fingerprint density at radius 2 is 2.10 bits per heavy atom. The number of carbonyl (C=O) groups excluding carboxylic acids is 1. The lowest BCUT2D eigenvalue weighted by Crippen LogP contribution is -2.46. The van der Waals surface area contributed by atoms with E-state index in [1.165, 1.54) is 4.90 Å². The molecule has 1 fully saturated rings. The number of para-hydroxylation sites is 1. The summed E-state index contributed by atoms with van der Waals surface area (Å²) in [6.45, 7) is 1.18. The number of carbonyl (C=O) groups is 2. The highest BCUT2D eigenvalue weighted by Gasteiger charge is 2.33. The molecule has 1 aliphatic rings. The van der Waals surface area contributed by atoms with E-state index in [4.69, 9.17) is 9.84 Å². The molecule has 0 aromatic heterocycles. The minimum Gasteiger partial charge on any atom is -0.492 e. The number of amides is 2. The number of nitrogens with one attached hydrogen (secondary N) is 1. The van der Waals surface area contributed by atoms with Gasteiger partial charge in [-0.1, -0.05) is 18.2 Å². The van der Waals surface area contributed by atoms with E-state index in [1.807, 2.05) is 30.3 Å². The number of hydrogen-bond donors (Lipinski definition) is 2. The first-order valence-electron chi connectivity index (χ1n) is 6.63. The van der Waals surface area contributed by atoms with Crippen molar-refractivity contribution >= 4 is 12.0 Å². The Labute approximate surface area is 117 Å². The number of benzene rings is 1. The van der Waals surface area contributed by atoms with Gasteiger partial charge in [-0.25, -0.2) is 9.59 Å². The Balaban J connectivity index is 1.71. The molecule has 108 valence electrons. The molecule has 1 atom stereocenters. The number of carboxylic acids is 1. The minimum absolute atomic E-state index is 0.341. The fraction of sp³-hybridized carbons (Fsp3) is 0.429. The molecule has 0 saturated carbocycles. The maximum Gasteiger partial charge on any atom is 0.326 e. The zero-order valence-electron chi connectivity index (χ0n) is 11.1. The van der Waals surface area contributed by atoms with Gasteiger partial charge >= 0.3 is 12.0 Å². The number of urea groups is 1. The van der Waals surface area contributed by atoms with Crippen LogP contribution in [0.2, 0.25) is 0 Å². The van der Waals surface area contributed by atoms with Crippen molar-refractivity contribution in [2.45, 2.75) is 18.9 Å². The second-order valence-electron chi connectivity index (χ2n) is 4.58. The van der Waals surface area contributed by atoms with E-state index in [-0.39, 0.29) is 6.03 Å². The van der Waals surface area contributed by atoms with E-state index in [2.05, 4.69) is 5.32 Å². The summed E-state index contributed by atoms with van der Waals surface area (Å²) in [6.07, 6.45) is 1.24. The summed E-state index contributed by atoms with van der Waals surface area (Å²) in [5.41, 5.74) is 0. The van der Waals surface area contributed by atoms with Crippen molar-refractivity contribution in [2.24, 2.45) is 0 Å². The van der Waals surface area contributed by atoms with E-state index >= 15 is 0 Å². The summed E-state index contributed by atoms with van der Waals surface area (Å²) in [4.78, 5) is 24.2. The van der Waals surface area contributed by atoms with Gasteiger partial charge < -0.3 is 20.1 Å². The molecular weight excluding hydrogens is 260 g/mol. The number of likely N-dealkylation sites (tertiary alicyclic amines) is 1. The van der Waals surface area contributed by atoms with Gasteiger partial charge in [-0.05, 0) is 25.0 Å². The average Bonchev–Trinajstić information content (AvgIpc) is 2.94. The van der Waals surface area contributed by atoms with Crippen LogP contribution < -0.4 is 10.1 Å². The van der Waals surface area contributed by atoms with Crippen molar-refractivity contribution in [3.05, 3.63) is 30.3 Å². The van der Waals surface area contributed by atoms with Crippen LogP contribution in [0.1, 0.15) is 12.8 Å². The Morgan fingerprint density at radius 3 is 2.80 bits per heavy atom. The molecule has 2 N–H and O–H groups in total. The van der Waals surface area contributed by atoms with Crippen molar-refractivity contribution in [1.82, 2.24) is 10.2 Å². The zero-order valence-corrected chi connectivity index (χ0v) is 11.1. The summed E-state index contributed by atoms with van der Waals surface area (Å²) < 4.78 is 5.44. The summed E-state index contributed by atoms with van der Waals surface area (Å²) in [5, 5.41) is 11.7. The molecule has 0 bridgehead atoms. The first kappa shape index (κ1) is 14.2. The second kappa shape index (κ2) is 6.79. The molecule has 0 spiro atoms. The third-order valence-electron chi connectivity index (χ3n) is 3.19. The van der Waals surface area contributed by atoms with Crippen molar-refractivity contribution in [2.75, 3.05) is 19.7 Å². The van der Waals surface area contributed by atoms with Crippen molar-refractivity contribution in [1.29, 1.82) is 0 Å². The molecule has 1 aliphatic heterocycles. The minimum atomic E-state index is -0.946. The molecule has 1 heterocycles. The van der Waals surface area contributed by atoms with Crippen LogP contribution in [0.5, 0.6) is 5.75 Å². The van der Waals surface area contributed by atoms with E-state index in [9.17, 15) is 9.59 Å². The molecule has 1 aromatic carbocycles. The van der Waals surface area contributed by atoms with Gasteiger partial charge in [-0.2, -0.15) is 0 Å². The summed E-state index contributed by atoms with van der Waals surface area (Å²) >= 11 is 0. The Bertz CT molecular complexity index is 464. The van der Waals surface area contributed by atoms with Crippen LogP contribution in [0.15, 0.2) is 30.3 Å². The van der Waals surface area contributed by atoms with Crippen LogP contribution >= 0.6 is 0 Å². The number of carboxylic acid groups (broad SMARTS) is 1. The van der Waals surface area contributed by atoms with E-state index in [0.29, 0.717) is 26.1 Å². The lowest BCUT2D eigenvalue weighted by Gasteiger charge is -2.21. The van der Waals surface area contributed by atoms with E-state index in [0.717, 1.165) is 12.2 Å². The molecule has 6 heteroatoms. The topological polar surface area (TPSA) is 78.9 Å². The first-order valence-corrected chi connectivity index (χ1v) is 6.63. The predicted molar refractivity (Wildman–Crippen MR) is 72.7 cm³/mol. The number of hydrogen-bond acceptors (Lipinski definition) is 3. The lowest BCUT2D eigenvalue weighted by atomic mass is 10.2. The smallest absolute Gasteiger partial charge is 0.326 e. The molecule has 2 rings (SSSR count). The third kappa shape index (κ3) is 3.63. The Morgan fingerprint density at radius 1 is 1.35 bits per heavy atom. The molecule has 1 aromatic rings. The van der Waals surface area contributed by atoms with Gasteiger partial charge in [0.1, 0.15) is 18.4 Å². The van der Waals surface area contributed by atoms with Crippen LogP contribution in [0.4, 0.5) is 4.79 Å². The fourth-order valence-corrected chi connectivity index (χ4v) is 2.21. The van der Waals surface area contributed by atoms with Crippen molar-refractivity contribution in [3.63, 3.8) is 0 Å². The standard InChI is InChI=1S/C14H18N2O4/c17-13(18)12-7-4-9-16(12)14(19)15-8-10-20-11-5-2-1-3-6-11/h1-3,5-6,12H,4,7-10H2,(H,15,19)(H,17,18)/t12-/m0/s1. The number of aliphatic carboxylic acids is 1. The lowest BCUT2D eigenvalue weighted by molar-refractivity contribution is -0.141. The molecule has 2 amide bonds. The molecule has 0 radical (unpaired) electrons. The predicted octanol–water partition coefficient (Wildman–Crippen LogP) is 1.32. The van der Waals surface area contributed by atoms with E-state index in [1.54, 1.807) is 0 Å². The molecule has 0 unspecified atom stereocenters. The quantitative estimate of drug-likeness (QED) is 0.796. The van der Waals surface area contributed by atoms with Crippen LogP contribution in [-0.2, 0) is 4.79 Å². The Hall–Kier alpha value is -2.24. The van der Waals surface area contributed by atoms with Gasteiger partial charge in [0.2, 0.25) is 0 Å². The maximum atomic E-state index is 11.9. The third-order valence-corrected chi connectivity index (χ3v) is 3.19. The average molecular weight is 278 g/mol. The van der Waals surface area contributed by atoms with Crippen LogP contribution in [-0.4, -0.2) is 47.7 Å². The van der Waals surface area contributed by atoms with Crippen LogP contribution in [0, 0.1) is 0 Å². The molecular formula is C14H18N2O4. The number of rotatable bonds is 5.